The van der Waals surface area contributed by atoms with Gasteiger partial charge >= 0.3 is 0 Å². The number of nitrogens with zero attached hydrogens (tertiary/aromatic N) is 2. The number of rotatable bonds is 6. The first-order valence-electron chi connectivity index (χ1n) is 7.46. The molecule has 2 aromatic carbocycles. The van der Waals surface area contributed by atoms with E-state index in [0.29, 0.717) is 17.9 Å². The molecule has 0 spiro atoms. The predicted octanol–water partition coefficient (Wildman–Crippen LogP) is 4.23. The normalized spacial score (nSPS) is 10.6. The van der Waals surface area contributed by atoms with Gasteiger partial charge < -0.3 is 10.2 Å². The molecule has 0 aliphatic rings. The number of halogens is 1. The number of hydrogen-bond donors (Lipinski definition) is 2. The van der Waals surface area contributed by atoms with Crippen LogP contribution in [0, 0.1) is 11.7 Å². The van der Waals surface area contributed by atoms with Crippen LogP contribution in [0.3, 0.4) is 0 Å². The zero-order valence-corrected chi connectivity index (χ0v) is 14.7. The number of aromatic nitrogens is 3. The number of ether oxygens (including phenoxy) is 1. The van der Waals surface area contributed by atoms with Crippen molar-refractivity contribution in [2.75, 3.05) is 5.43 Å². The summed E-state index contributed by atoms with van der Waals surface area (Å²) in [6, 6.07) is 15.6. The second-order valence-electron chi connectivity index (χ2n) is 5.31. The highest BCUT2D eigenvalue weighted by Gasteiger charge is 2.02. The van der Waals surface area contributed by atoms with Crippen LogP contribution < -0.4 is 10.2 Å². The average Bonchev–Trinajstić information content (AvgIpc) is 2.91. The van der Waals surface area contributed by atoms with Gasteiger partial charge in [0.05, 0.1) is 6.54 Å². The third kappa shape index (κ3) is 4.15. The summed E-state index contributed by atoms with van der Waals surface area (Å²) < 4.78 is 8.13. The topological polar surface area (TPSA) is 54.9 Å². The van der Waals surface area contributed by atoms with E-state index in [0.717, 1.165) is 27.7 Å². The third-order valence-electron chi connectivity index (χ3n) is 3.50. The van der Waals surface area contributed by atoms with Crippen LogP contribution >= 0.6 is 23.8 Å². The lowest BCUT2D eigenvalue weighted by Gasteiger charge is -2.11. The van der Waals surface area contributed by atoms with Crippen molar-refractivity contribution in [3.8, 4) is 5.75 Å². The molecule has 0 fully saturated rings. The molecule has 1 heterocycles. The molecule has 0 unspecified atom stereocenters. The molecule has 2 N–H and O–H groups in total. The molecule has 0 bridgehead atoms. The summed E-state index contributed by atoms with van der Waals surface area (Å²) in [6.45, 7) is 3.00. The molecule has 1 aromatic heterocycles. The molecule has 0 aliphatic carbocycles. The number of aryl methyl sites for hydroxylation is 1. The van der Waals surface area contributed by atoms with Gasteiger partial charge in [-0.05, 0) is 54.5 Å². The SMILES string of the molecule is Cc1n[nH]c(=S)n1NCc1cccc(OCc2ccc(Cl)cc2)c1. The first-order chi connectivity index (χ1) is 11.6. The Labute approximate surface area is 150 Å². The molecule has 5 nitrogen and oxygen atoms in total. The van der Waals surface area contributed by atoms with E-state index in [1.54, 1.807) is 4.68 Å². The third-order valence-corrected chi connectivity index (χ3v) is 4.02. The Hall–Kier alpha value is -2.31. The Kier molecular flexibility index (Phi) is 5.17. The molecule has 0 saturated carbocycles. The van der Waals surface area contributed by atoms with Crippen LogP contribution in [-0.2, 0) is 13.2 Å². The van der Waals surface area contributed by atoms with E-state index in [2.05, 4.69) is 15.6 Å². The minimum absolute atomic E-state index is 0.500. The van der Waals surface area contributed by atoms with Crippen molar-refractivity contribution in [2.45, 2.75) is 20.1 Å². The van der Waals surface area contributed by atoms with Crippen LogP contribution in [-0.4, -0.2) is 14.9 Å². The summed E-state index contributed by atoms with van der Waals surface area (Å²) in [6.07, 6.45) is 0. The summed E-state index contributed by atoms with van der Waals surface area (Å²) >= 11 is 11.1. The van der Waals surface area contributed by atoms with Gasteiger partial charge in [0, 0.05) is 5.02 Å². The van der Waals surface area contributed by atoms with Gasteiger partial charge in [0.1, 0.15) is 18.2 Å². The van der Waals surface area contributed by atoms with E-state index in [9.17, 15) is 0 Å². The number of nitrogens with one attached hydrogen (secondary N) is 2. The Morgan fingerprint density at radius 1 is 1.21 bits per heavy atom. The Morgan fingerprint density at radius 2 is 2.00 bits per heavy atom. The summed E-state index contributed by atoms with van der Waals surface area (Å²) in [5.41, 5.74) is 5.39. The number of hydrogen-bond acceptors (Lipinski definition) is 4. The van der Waals surface area contributed by atoms with Crippen LogP contribution in [0.2, 0.25) is 5.02 Å². The lowest BCUT2D eigenvalue weighted by Crippen LogP contribution is -2.16. The van der Waals surface area contributed by atoms with E-state index < -0.39 is 0 Å². The average molecular weight is 361 g/mol. The first-order valence-corrected chi connectivity index (χ1v) is 8.24. The minimum atomic E-state index is 0.500. The van der Waals surface area contributed by atoms with Gasteiger partial charge in [-0.1, -0.05) is 35.9 Å². The fourth-order valence-electron chi connectivity index (χ4n) is 2.22. The van der Waals surface area contributed by atoms with Crippen molar-refractivity contribution >= 4 is 23.8 Å². The predicted molar refractivity (Wildman–Crippen MR) is 97.4 cm³/mol. The van der Waals surface area contributed by atoms with Gasteiger partial charge in [-0.3, -0.25) is 5.10 Å². The molecule has 3 aromatic rings. The van der Waals surface area contributed by atoms with Crippen molar-refractivity contribution in [3.63, 3.8) is 0 Å². The van der Waals surface area contributed by atoms with E-state index >= 15 is 0 Å². The van der Waals surface area contributed by atoms with Crippen molar-refractivity contribution < 1.29 is 4.74 Å². The molecule has 0 atom stereocenters. The van der Waals surface area contributed by atoms with E-state index in [4.69, 9.17) is 28.6 Å². The highest BCUT2D eigenvalue weighted by molar-refractivity contribution is 7.71. The van der Waals surface area contributed by atoms with Gasteiger partial charge in [0.15, 0.2) is 0 Å². The van der Waals surface area contributed by atoms with Crippen LogP contribution in [0.25, 0.3) is 0 Å². The highest BCUT2D eigenvalue weighted by Crippen LogP contribution is 2.16. The Bertz CT molecular complexity index is 873. The fourth-order valence-corrected chi connectivity index (χ4v) is 2.59. The molecule has 0 radical (unpaired) electrons. The summed E-state index contributed by atoms with van der Waals surface area (Å²) in [5.74, 6) is 1.60. The van der Waals surface area contributed by atoms with Gasteiger partial charge in [0.25, 0.3) is 0 Å². The van der Waals surface area contributed by atoms with E-state index in [-0.39, 0.29) is 0 Å². The number of benzene rings is 2. The minimum Gasteiger partial charge on any atom is -0.489 e. The number of H-pyrrole nitrogens is 1. The van der Waals surface area contributed by atoms with Crippen LogP contribution in [0.15, 0.2) is 48.5 Å². The van der Waals surface area contributed by atoms with Gasteiger partial charge in [-0.25, -0.2) is 4.68 Å². The maximum absolute atomic E-state index is 5.89. The molecular weight excluding hydrogens is 344 g/mol. The molecule has 0 saturated heterocycles. The number of aromatic amines is 1. The fraction of sp³-hybridized carbons (Fsp3) is 0.176. The molecule has 0 amide bonds. The van der Waals surface area contributed by atoms with Gasteiger partial charge in [-0.2, -0.15) is 5.10 Å². The van der Waals surface area contributed by atoms with Crippen LogP contribution in [0.1, 0.15) is 17.0 Å². The summed E-state index contributed by atoms with van der Waals surface area (Å²) in [7, 11) is 0. The summed E-state index contributed by atoms with van der Waals surface area (Å²) in [5, 5.41) is 7.53. The smallest absolute Gasteiger partial charge is 0.214 e. The van der Waals surface area contributed by atoms with Crippen molar-refractivity contribution in [1.29, 1.82) is 0 Å². The zero-order chi connectivity index (χ0) is 16.9. The van der Waals surface area contributed by atoms with Crippen molar-refractivity contribution in [1.82, 2.24) is 14.9 Å². The molecule has 24 heavy (non-hydrogen) atoms. The van der Waals surface area contributed by atoms with Crippen molar-refractivity contribution in [3.05, 3.63) is 75.3 Å². The second-order valence-corrected chi connectivity index (χ2v) is 6.13. The van der Waals surface area contributed by atoms with Gasteiger partial charge in [0.2, 0.25) is 4.77 Å². The molecule has 7 heteroatoms. The largest absolute Gasteiger partial charge is 0.489 e. The molecule has 3 rings (SSSR count). The zero-order valence-electron chi connectivity index (χ0n) is 13.1. The quantitative estimate of drug-likeness (QED) is 0.646. The van der Waals surface area contributed by atoms with Crippen LogP contribution in [0.4, 0.5) is 0 Å². The monoisotopic (exact) mass is 360 g/mol. The first kappa shape index (κ1) is 16.5. The highest BCUT2D eigenvalue weighted by atomic mass is 35.5. The standard InChI is InChI=1S/C17H17ClN4OS/c1-12-20-21-17(24)22(12)19-10-14-3-2-4-16(9-14)23-11-13-5-7-15(18)8-6-13/h2-9,19H,10-11H2,1H3,(H,21,24). The molecular formula is C17H17ClN4OS. The van der Waals surface area contributed by atoms with Crippen LogP contribution in [0.5, 0.6) is 5.75 Å². The van der Waals surface area contributed by atoms with E-state index in [1.807, 2.05) is 55.5 Å². The maximum atomic E-state index is 5.89. The Balaban J connectivity index is 1.61. The van der Waals surface area contributed by atoms with Crippen molar-refractivity contribution in [2.24, 2.45) is 0 Å². The lowest BCUT2D eigenvalue weighted by atomic mass is 10.2. The molecule has 0 aliphatic heterocycles. The maximum Gasteiger partial charge on any atom is 0.214 e. The Morgan fingerprint density at radius 3 is 2.71 bits per heavy atom. The van der Waals surface area contributed by atoms with Gasteiger partial charge in [-0.15, -0.1) is 0 Å². The van der Waals surface area contributed by atoms with E-state index in [1.165, 1.54) is 0 Å². The summed E-state index contributed by atoms with van der Waals surface area (Å²) in [4.78, 5) is 0. The molecule has 124 valence electrons. The second kappa shape index (κ2) is 7.51. The lowest BCUT2D eigenvalue weighted by molar-refractivity contribution is 0.306.